The Bertz CT molecular complexity index is 1580. The second kappa shape index (κ2) is 22.0. The van der Waals surface area contributed by atoms with E-state index in [0.717, 1.165) is 35.7 Å². The van der Waals surface area contributed by atoms with Crippen LogP contribution < -0.4 is 10.5 Å². The lowest BCUT2D eigenvalue weighted by atomic mass is 9.86. The highest BCUT2D eigenvalue weighted by molar-refractivity contribution is 6.00. The summed E-state index contributed by atoms with van der Waals surface area (Å²) < 4.78 is 46.8. The van der Waals surface area contributed by atoms with Crippen molar-refractivity contribution in [1.29, 1.82) is 0 Å². The van der Waals surface area contributed by atoms with Crippen molar-refractivity contribution in [1.82, 2.24) is 0 Å². The number of hydrogen-bond donors (Lipinski definition) is 1. The maximum Gasteiger partial charge on any atom is 0.409 e. The third-order valence-electron chi connectivity index (χ3n) is 6.31. The van der Waals surface area contributed by atoms with Crippen molar-refractivity contribution in [2.24, 2.45) is 10.7 Å². The third-order valence-corrected chi connectivity index (χ3v) is 6.31. The Kier molecular flexibility index (Phi) is 18.9. The standard InChI is InChI=1S/C24H26F3N.C11H9NO2.C3H8.C2H6/c1-4-6-12-23(28-13-5-2)22(14-18-10-8-7-9-11-18)19-15-20(24(3,26)27)17-21(25)16-19;12-11(13)14-10-6-5-8-3-1-2-4-9(8)7-10;1-3-2;1-2/h5-13,15-17,22H,4,14H2,1-3H3;1-7H,(H2,12,13);3H2,1-2H3;1-2H3/b12-6-,13-5+,28-23+;;;. The Labute approximate surface area is 278 Å². The number of carbonyl (C=O) groups is 1. The fraction of sp³-hybridized carbons (Fsp3) is 0.300. The van der Waals surface area contributed by atoms with E-state index in [4.69, 9.17) is 10.5 Å². The summed E-state index contributed by atoms with van der Waals surface area (Å²) in [4.78, 5) is 15.0. The van der Waals surface area contributed by atoms with Gasteiger partial charge >= 0.3 is 6.09 Å². The molecule has 0 aromatic heterocycles. The van der Waals surface area contributed by atoms with Crippen LogP contribution in [0.4, 0.5) is 18.0 Å². The van der Waals surface area contributed by atoms with Gasteiger partial charge < -0.3 is 10.5 Å². The Morgan fingerprint density at radius 3 is 2.11 bits per heavy atom. The molecule has 252 valence electrons. The van der Waals surface area contributed by atoms with E-state index in [1.165, 1.54) is 18.6 Å². The van der Waals surface area contributed by atoms with E-state index in [2.05, 4.69) is 18.8 Å². The number of rotatable bonds is 9. The molecule has 1 amide bonds. The number of ether oxygens (including phenoxy) is 1. The number of aliphatic imine (C=N–C) groups is 1. The van der Waals surface area contributed by atoms with Crippen LogP contribution in [0, 0.1) is 5.82 Å². The number of hydrogen-bond acceptors (Lipinski definition) is 3. The Morgan fingerprint density at radius 1 is 0.915 bits per heavy atom. The van der Waals surface area contributed by atoms with Gasteiger partial charge in [0.1, 0.15) is 11.6 Å². The highest BCUT2D eigenvalue weighted by Crippen LogP contribution is 2.32. The summed E-state index contributed by atoms with van der Waals surface area (Å²) >= 11 is 0. The van der Waals surface area contributed by atoms with Gasteiger partial charge in [-0.2, -0.15) is 0 Å². The van der Waals surface area contributed by atoms with Crippen LogP contribution >= 0.6 is 0 Å². The largest absolute Gasteiger partial charge is 0.410 e. The Hall–Kier alpha value is -4.65. The van der Waals surface area contributed by atoms with Gasteiger partial charge in [0.2, 0.25) is 0 Å². The van der Waals surface area contributed by atoms with Crippen LogP contribution in [-0.4, -0.2) is 11.8 Å². The molecule has 4 nitrogen and oxygen atoms in total. The van der Waals surface area contributed by atoms with E-state index >= 15 is 0 Å². The average molecular weight is 647 g/mol. The van der Waals surface area contributed by atoms with Gasteiger partial charge in [0.05, 0.1) is 0 Å². The minimum atomic E-state index is -3.12. The predicted octanol–water partition coefficient (Wildman–Crippen LogP) is 11.9. The lowest BCUT2D eigenvalue weighted by Gasteiger charge is -2.21. The fourth-order valence-corrected chi connectivity index (χ4v) is 4.31. The molecule has 4 aromatic rings. The number of amides is 1. The number of nitrogens with zero attached hydrogens (tertiary/aromatic N) is 1. The van der Waals surface area contributed by atoms with Crippen molar-refractivity contribution in [3.8, 4) is 5.75 Å². The molecule has 0 saturated carbocycles. The topological polar surface area (TPSA) is 64.7 Å². The molecule has 4 aromatic carbocycles. The van der Waals surface area contributed by atoms with Crippen LogP contribution in [0.1, 0.15) is 83.9 Å². The van der Waals surface area contributed by atoms with Crippen molar-refractivity contribution in [3.63, 3.8) is 0 Å². The SMILES string of the molecule is C/C=C/N=C(\C=C/CC)C(Cc1ccccc1)c1cc(F)cc(C(C)(F)F)c1.CC.CCC.NC(=O)Oc1ccc2ccccc2c1. The molecule has 2 N–H and O–H groups in total. The van der Waals surface area contributed by atoms with Crippen LogP contribution in [0.25, 0.3) is 10.8 Å². The Morgan fingerprint density at radius 2 is 1.53 bits per heavy atom. The molecule has 0 bridgehead atoms. The molecule has 0 radical (unpaired) electrons. The van der Waals surface area contributed by atoms with Crippen LogP contribution in [-0.2, 0) is 12.3 Å². The van der Waals surface area contributed by atoms with E-state index in [0.29, 0.717) is 23.4 Å². The van der Waals surface area contributed by atoms with Crippen molar-refractivity contribution < 1.29 is 22.7 Å². The molecule has 0 aliphatic rings. The van der Waals surface area contributed by atoms with Gasteiger partial charge in [-0.25, -0.2) is 18.0 Å². The molecule has 0 saturated heterocycles. The van der Waals surface area contributed by atoms with E-state index < -0.39 is 17.8 Å². The van der Waals surface area contributed by atoms with Crippen molar-refractivity contribution >= 4 is 22.6 Å². The quantitative estimate of drug-likeness (QED) is 0.184. The molecule has 47 heavy (non-hydrogen) atoms. The number of halogens is 3. The smallest absolute Gasteiger partial charge is 0.409 e. The maximum atomic E-state index is 14.2. The number of benzene rings is 4. The molecule has 0 aliphatic carbocycles. The predicted molar refractivity (Wildman–Crippen MR) is 192 cm³/mol. The molecule has 0 spiro atoms. The monoisotopic (exact) mass is 646 g/mol. The van der Waals surface area contributed by atoms with Gasteiger partial charge in [0.15, 0.2) is 0 Å². The maximum absolute atomic E-state index is 14.2. The second-order valence-electron chi connectivity index (χ2n) is 10.4. The summed E-state index contributed by atoms with van der Waals surface area (Å²) in [5, 5.41) is 2.12. The molecule has 0 aliphatic heterocycles. The molecule has 0 heterocycles. The highest BCUT2D eigenvalue weighted by Gasteiger charge is 2.27. The second-order valence-corrected chi connectivity index (χ2v) is 10.4. The van der Waals surface area contributed by atoms with Gasteiger partial charge in [-0.05, 0) is 78.1 Å². The zero-order chi connectivity index (χ0) is 35.2. The van der Waals surface area contributed by atoms with Crippen molar-refractivity contribution in [2.75, 3.05) is 0 Å². The van der Waals surface area contributed by atoms with Gasteiger partial charge in [-0.15, -0.1) is 0 Å². The van der Waals surface area contributed by atoms with Gasteiger partial charge in [-0.3, -0.25) is 4.99 Å². The molecule has 0 fully saturated rings. The summed E-state index contributed by atoms with van der Waals surface area (Å²) in [5.74, 6) is -3.67. The summed E-state index contributed by atoms with van der Waals surface area (Å²) in [7, 11) is 0. The number of carbonyl (C=O) groups excluding carboxylic acids is 1. The van der Waals surface area contributed by atoms with Gasteiger partial charge in [0, 0.05) is 30.3 Å². The Balaban J connectivity index is 0.000000481. The van der Waals surface area contributed by atoms with Crippen molar-refractivity contribution in [3.05, 3.63) is 138 Å². The first-order chi connectivity index (χ1) is 22.5. The first-order valence-electron chi connectivity index (χ1n) is 16.1. The average Bonchev–Trinajstić information content (AvgIpc) is 3.05. The zero-order valence-electron chi connectivity index (χ0n) is 28.6. The summed E-state index contributed by atoms with van der Waals surface area (Å²) in [6.45, 7) is 12.9. The molecular weight excluding hydrogens is 597 g/mol. The van der Waals surface area contributed by atoms with E-state index in [9.17, 15) is 18.0 Å². The number of primary amides is 1. The van der Waals surface area contributed by atoms with E-state index in [1.807, 2.05) is 101 Å². The van der Waals surface area contributed by atoms with Crippen LogP contribution in [0.2, 0.25) is 0 Å². The van der Waals surface area contributed by atoms with Crippen LogP contribution in [0.15, 0.2) is 120 Å². The molecule has 1 atom stereocenters. The van der Waals surface area contributed by atoms with Gasteiger partial charge in [0.25, 0.3) is 5.92 Å². The minimum absolute atomic E-state index is 0.328. The third kappa shape index (κ3) is 15.0. The minimum Gasteiger partial charge on any atom is -0.410 e. The van der Waals surface area contributed by atoms with Gasteiger partial charge in [-0.1, -0.05) is 114 Å². The normalized spacial score (nSPS) is 11.9. The number of allylic oxidation sites excluding steroid dienone is 3. The van der Waals surface area contributed by atoms with Crippen molar-refractivity contribution in [2.45, 2.75) is 79.6 Å². The first kappa shape index (κ1) is 40.4. The lowest BCUT2D eigenvalue weighted by Crippen LogP contribution is -2.16. The van der Waals surface area contributed by atoms with E-state index in [-0.39, 0.29) is 11.5 Å². The molecule has 1 unspecified atom stereocenters. The molecule has 7 heteroatoms. The summed E-state index contributed by atoms with van der Waals surface area (Å²) in [6, 6.07) is 26.5. The number of alkyl halides is 2. The number of nitrogens with two attached hydrogens (primary N) is 1. The highest BCUT2D eigenvalue weighted by atomic mass is 19.3. The molecular formula is C40H49F3N2O2. The number of fused-ring (bicyclic) bond motifs is 1. The van der Waals surface area contributed by atoms with Crippen LogP contribution in [0.5, 0.6) is 5.75 Å². The summed E-state index contributed by atoms with van der Waals surface area (Å²) in [6.07, 6.45) is 9.13. The summed E-state index contributed by atoms with van der Waals surface area (Å²) in [5.41, 5.74) is 6.80. The zero-order valence-corrected chi connectivity index (χ0v) is 28.6. The molecule has 4 rings (SSSR count). The lowest BCUT2D eigenvalue weighted by molar-refractivity contribution is 0.0170. The van der Waals surface area contributed by atoms with E-state index in [1.54, 1.807) is 24.4 Å². The fourth-order valence-electron chi connectivity index (χ4n) is 4.31. The van der Waals surface area contributed by atoms with Crippen LogP contribution in [0.3, 0.4) is 0 Å². The first-order valence-corrected chi connectivity index (χ1v) is 16.1.